The van der Waals surface area contributed by atoms with Crippen LogP contribution >= 0.6 is 0 Å². The van der Waals surface area contributed by atoms with Gasteiger partial charge in [0.05, 0.1) is 0 Å². The molecule has 0 bridgehead atoms. The summed E-state index contributed by atoms with van der Waals surface area (Å²) < 4.78 is 0. The Labute approximate surface area is 92.4 Å². The van der Waals surface area contributed by atoms with Crippen molar-refractivity contribution < 1.29 is 0 Å². The van der Waals surface area contributed by atoms with E-state index in [9.17, 15) is 0 Å². The van der Waals surface area contributed by atoms with Crippen molar-refractivity contribution in [3.63, 3.8) is 0 Å². The number of rotatable bonds is 4. The number of benzene rings is 1. The Kier molecular flexibility index (Phi) is 3.57. The molecule has 0 N–H and O–H groups in total. The highest BCUT2D eigenvalue weighted by Gasteiger charge is 2.19. The summed E-state index contributed by atoms with van der Waals surface area (Å²) in [7, 11) is 0. The van der Waals surface area contributed by atoms with E-state index in [4.69, 9.17) is 0 Å². The highest BCUT2D eigenvalue weighted by Crippen LogP contribution is 2.16. The zero-order valence-corrected chi connectivity index (χ0v) is 9.23. The fourth-order valence-electron chi connectivity index (χ4n) is 2.29. The van der Waals surface area contributed by atoms with Crippen LogP contribution in [-0.2, 0) is 6.42 Å². The molecule has 0 radical (unpaired) electrons. The Morgan fingerprint density at radius 1 is 1.20 bits per heavy atom. The van der Waals surface area contributed by atoms with Crippen LogP contribution in [0.15, 0.2) is 43.0 Å². The van der Waals surface area contributed by atoms with Crippen molar-refractivity contribution in [3.8, 4) is 0 Å². The van der Waals surface area contributed by atoms with Crippen LogP contribution in [0.1, 0.15) is 18.4 Å². The SMILES string of the molecule is C=CC(Cc1ccccc1)N1CCCC1. The zero-order chi connectivity index (χ0) is 10.5. The predicted octanol–water partition coefficient (Wildman–Crippen LogP) is 2.88. The smallest absolute Gasteiger partial charge is 0.0316 e. The largest absolute Gasteiger partial charge is 0.297 e. The molecule has 1 nitrogen and oxygen atoms in total. The van der Waals surface area contributed by atoms with Gasteiger partial charge in [-0.2, -0.15) is 0 Å². The van der Waals surface area contributed by atoms with Gasteiger partial charge >= 0.3 is 0 Å². The molecule has 1 unspecified atom stereocenters. The monoisotopic (exact) mass is 201 g/mol. The van der Waals surface area contributed by atoms with Crippen molar-refractivity contribution in [1.82, 2.24) is 4.90 Å². The Morgan fingerprint density at radius 2 is 1.87 bits per heavy atom. The standard InChI is InChI=1S/C14H19N/c1-2-14(15-10-6-7-11-15)12-13-8-4-3-5-9-13/h2-5,8-9,14H,1,6-7,10-12H2. The molecule has 1 fully saturated rings. The van der Waals surface area contributed by atoms with Crippen molar-refractivity contribution in [3.05, 3.63) is 48.6 Å². The first-order chi connectivity index (χ1) is 7.40. The van der Waals surface area contributed by atoms with Crippen molar-refractivity contribution in [2.24, 2.45) is 0 Å². The molecule has 1 aromatic carbocycles. The minimum absolute atomic E-state index is 0.523. The lowest BCUT2D eigenvalue weighted by Crippen LogP contribution is -2.32. The molecule has 1 saturated heterocycles. The Hall–Kier alpha value is -1.08. The van der Waals surface area contributed by atoms with Crippen LogP contribution < -0.4 is 0 Å². The minimum atomic E-state index is 0.523. The van der Waals surface area contributed by atoms with Crippen molar-refractivity contribution in [2.45, 2.75) is 25.3 Å². The van der Waals surface area contributed by atoms with Gasteiger partial charge in [0.2, 0.25) is 0 Å². The lowest BCUT2D eigenvalue weighted by Gasteiger charge is -2.24. The molecule has 80 valence electrons. The summed E-state index contributed by atoms with van der Waals surface area (Å²) in [6.07, 6.45) is 5.89. The summed E-state index contributed by atoms with van der Waals surface area (Å²) in [4.78, 5) is 2.54. The second-order valence-corrected chi connectivity index (χ2v) is 4.24. The Balaban J connectivity index is 1.99. The van der Waals surface area contributed by atoms with E-state index in [1.54, 1.807) is 0 Å². The second kappa shape index (κ2) is 5.13. The summed E-state index contributed by atoms with van der Waals surface area (Å²) in [6.45, 7) is 6.44. The Bertz CT molecular complexity index is 298. The molecule has 1 aromatic rings. The zero-order valence-electron chi connectivity index (χ0n) is 9.23. The topological polar surface area (TPSA) is 3.24 Å². The molecule has 2 rings (SSSR count). The van der Waals surface area contributed by atoms with E-state index >= 15 is 0 Å². The molecule has 1 heterocycles. The van der Waals surface area contributed by atoms with E-state index in [2.05, 4.69) is 47.9 Å². The van der Waals surface area contributed by atoms with Gasteiger partial charge in [0.1, 0.15) is 0 Å². The molecule has 0 amide bonds. The highest BCUT2D eigenvalue weighted by atomic mass is 15.2. The van der Waals surface area contributed by atoms with E-state index in [0.717, 1.165) is 6.42 Å². The first-order valence-electron chi connectivity index (χ1n) is 5.80. The van der Waals surface area contributed by atoms with Crippen LogP contribution in [-0.4, -0.2) is 24.0 Å². The van der Waals surface area contributed by atoms with Crippen LogP contribution in [0.2, 0.25) is 0 Å². The number of nitrogens with zero attached hydrogens (tertiary/aromatic N) is 1. The summed E-state index contributed by atoms with van der Waals surface area (Å²) >= 11 is 0. The maximum absolute atomic E-state index is 3.96. The molecule has 1 aliphatic heterocycles. The summed E-state index contributed by atoms with van der Waals surface area (Å²) in [6, 6.07) is 11.2. The van der Waals surface area contributed by atoms with Gasteiger partial charge in [0.15, 0.2) is 0 Å². The first kappa shape index (κ1) is 10.4. The van der Waals surface area contributed by atoms with Gasteiger partial charge in [-0.3, -0.25) is 4.90 Å². The van der Waals surface area contributed by atoms with E-state index < -0.39 is 0 Å². The van der Waals surface area contributed by atoms with Crippen molar-refractivity contribution in [1.29, 1.82) is 0 Å². The predicted molar refractivity (Wildman–Crippen MR) is 64.9 cm³/mol. The quantitative estimate of drug-likeness (QED) is 0.677. The van der Waals surface area contributed by atoms with Crippen LogP contribution in [0.5, 0.6) is 0 Å². The minimum Gasteiger partial charge on any atom is -0.297 e. The van der Waals surface area contributed by atoms with Gasteiger partial charge in [-0.25, -0.2) is 0 Å². The molecule has 0 spiro atoms. The first-order valence-corrected chi connectivity index (χ1v) is 5.80. The molecule has 0 aliphatic carbocycles. The third-order valence-electron chi connectivity index (χ3n) is 3.17. The van der Waals surface area contributed by atoms with E-state index in [-0.39, 0.29) is 0 Å². The van der Waals surface area contributed by atoms with Gasteiger partial charge in [-0.05, 0) is 37.9 Å². The molecule has 0 aromatic heterocycles. The van der Waals surface area contributed by atoms with Crippen LogP contribution in [0, 0.1) is 0 Å². The maximum Gasteiger partial charge on any atom is 0.0316 e. The summed E-state index contributed by atoms with van der Waals surface area (Å²) in [5.74, 6) is 0. The normalized spacial score (nSPS) is 18.9. The van der Waals surface area contributed by atoms with E-state index in [1.807, 2.05) is 0 Å². The highest BCUT2D eigenvalue weighted by molar-refractivity contribution is 5.17. The third kappa shape index (κ3) is 2.69. The molecular formula is C14H19N. The molecule has 1 aliphatic rings. The fourth-order valence-corrected chi connectivity index (χ4v) is 2.29. The Morgan fingerprint density at radius 3 is 2.47 bits per heavy atom. The number of hydrogen-bond acceptors (Lipinski definition) is 1. The lowest BCUT2D eigenvalue weighted by atomic mass is 10.1. The second-order valence-electron chi connectivity index (χ2n) is 4.24. The van der Waals surface area contributed by atoms with Gasteiger partial charge in [-0.1, -0.05) is 36.4 Å². The van der Waals surface area contributed by atoms with Crippen LogP contribution in [0.4, 0.5) is 0 Å². The van der Waals surface area contributed by atoms with E-state index in [0.29, 0.717) is 6.04 Å². The lowest BCUT2D eigenvalue weighted by molar-refractivity contribution is 0.283. The van der Waals surface area contributed by atoms with Crippen molar-refractivity contribution in [2.75, 3.05) is 13.1 Å². The van der Waals surface area contributed by atoms with Gasteiger partial charge in [0, 0.05) is 6.04 Å². The van der Waals surface area contributed by atoms with Crippen LogP contribution in [0.3, 0.4) is 0 Å². The maximum atomic E-state index is 3.96. The van der Waals surface area contributed by atoms with Crippen molar-refractivity contribution >= 4 is 0 Å². The molecule has 1 atom stereocenters. The third-order valence-corrected chi connectivity index (χ3v) is 3.17. The van der Waals surface area contributed by atoms with E-state index in [1.165, 1.54) is 31.5 Å². The summed E-state index contributed by atoms with van der Waals surface area (Å²) in [5, 5.41) is 0. The average molecular weight is 201 g/mol. The van der Waals surface area contributed by atoms with Gasteiger partial charge < -0.3 is 0 Å². The number of hydrogen-bond donors (Lipinski definition) is 0. The average Bonchev–Trinajstić information content (AvgIpc) is 2.81. The summed E-state index contributed by atoms with van der Waals surface area (Å²) in [5.41, 5.74) is 1.41. The van der Waals surface area contributed by atoms with Gasteiger partial charge in [-0.15, -0.1) is 6.58 Å². The van der Waals surface area contributed by atoms with Crippen LogP contribution in [0.25, 0.3) is 0 Å². The van der Waals surface area contributed by atoms with Gasteiger partial charge in [0.25, 0.3) is 0 Å². The molecule has 0 saturated carbocycles. The molecule has 15 heavy (non-hydrogen) atoms. The fraction of sp³-hybridized carbons (Fsp3) is 0.429. The molecule has 1 heteroatoms. The number of likely N-dealkylation sites (tertiary alicyclic amines) is 1. The molecular weight excluding hydrogens is 182 g/mol.